The summed E-state index contributed by atoms with van der Waals surface area (Å²) in [5.74, 6) is 0.400. The second-order valence-electron chi connectivity index (χ2n) is 8.99. The average Bonchev–Trinajstić information content (AvgIpc) is 2.44. The number of carbonyl (C=O) groups excluding carboxylic acids is 3. The van der Waals surface area contributed by atoms with Crippen molar-refractivity contribution in [3.63, 3.8) is 0 Å². The Labute approximate surface area is 138 Å². The van der Waals surface area contributed by atoms with Gasteiger partial charge in [0.15, 0.2) is 11.9 Å². The van der Waals surface area contributed by atoms with Crippen molar-refractivity contribution < 1.29 is 19.1 Å². The van der Waals surface area contributed by atoms with Gasteiger partial charge >= 0.3 is 5.97 Å². The van der Waals surface area contributed by atoms with Gasteiger partial charge in [0.25, 0.3) is 0 Å². The van der Waals surface area contributed by atoms with Crippen LogP contribution in [0.25, 0.3) is 0 Å². The highest BCUT2D eigenvalue weighted by molar-refractivity contribution is 5.87. The average molecular weight is 320 g/mol. The Hall–Kier alpha value is -1.19. The van der Waals surface area contributed by atoms with Gasteiger partial charge in [0.05, 0.1) is 0 Å². The molecule has 1 heterocycles. The molecule has 0 aromatic carbocycles. The van der Waals surface area contributed by atoms with E-state index in [2.05, 4.69) is 27.7 Å². The smallest absolute Gasteiger partial charge is 0.306 e. The first kappa shape index (κ1) is 16.7. The van der Waals surface area contributed by atoms with Gasteiger partial charge in [-0.2, -0.15) is 0 Å². The summed E-state index contributed by atoms with van der Waals surface area (Å²) in [6.45, 7) is 9.99. The maximum absolute atomic E-state index is 12.4. The molecule has 3 rings (SSSR count). The number of rotatable bonds is 1. The fourth-order valence-corrected chi connectivity index (χ4v) is 6.20. The topological polar surface area (TPSA) is 60.4 Å². The number of cyclic esters (lactones) is 1. The molecule has 2 saturated carbocycles. The van der Waals surface area contributed by atoms with Gasteiger partial charge < -0.3 is 4.74 Å². The molecule has 128 valence electrons. The molecule has 4 nitrogen and oxygen atoms in total. The first-order valence-corrected chi connectivity index (χ1v) is 8.76. The van der Waals surface area contributed by atoms with E-state index in [9.17, 15) is 14.4 Å². The summed E-state index contributed by atoms with van der Waals surface area (Å²) in [5.41, 5.74) is -0.736. The predicted molar refractivity (Wildman–Crippen MR) is 85.6 cm³/mol. The van der Waals surface area contributed by atoms with Crippen LogP contribution >= 0.6 is 0 Å². The first-order chi connectivity index (χ1) is 10.5. The third-order valence-corrected chi connectivity index (χ3v) is 7.43. The molecule has 0 amide bonds. The SMILES string of the molecule is CC(=O)C1OC(=O)CC2C1(C)CCC1C(C)(C)C(=O)CCC12C. The van der Waals surface area contributed by atoms with Crippen LogP contribution in [0, 0.1) is 28.1 Å². The van der Waals surface area contributed by atoms with Crippen LogP contribution in [0.5, 0.6) is 0 Å². The number of carbonyl (C=O) groups is 3. The molecule has 3 fully saturated rings. The zero-order chi connectivity index (χ0) is 17.2. The van der Waals surface area contributed by atoms with Crippen LogP contribution in [-0.4, -0.2) is 23.6 Å². The molecular weight excluding hydrogens is 292 g/mol. The number of ketones is 2. The number of hydrogen-bond donors (Lipinski definition) is 0. The quantitative estimate of drug-likeness (QED) is 0.695. The molecular formula is C19H28O4. The molecule has 0 N–H and O–H groups in total. The molecule has 1 aliphatic heterocycles. The Morgan fingerprint density at radius 1 is 1.04 bits per heavy atom. The third-order valence-electron chi connectivity index (χ3n) is 7.43. The Bertz CT molecular complexity index is 578. The number of esters is 1. The predicted octanol–water partition coefficient (Wildman–Crippen LogP) is 3.32. The maximum atomic E-state index is 12.4. The zero-order valence-corrected chi connectivity index (χ0v) is 14.9. The molecule has 1 saturated heterocycles. The highest BCUT2D eigenvalue weighted by Gasteiger charge is 2.65. The lowest BCUT2D eigenvalue weighted by molar-refractivity contribution is -0.211. The summed E-state index contributed by atoms with van der Waals surface area (Å²) in [6.07, 6.45) is 2.89. The van der Waals surface area contributed by atoms with Crippen molar-refractivity contribution in [1.82, 2.24) is 0 Å². The summed E-state index contributed by atoms with van der Waals surface area (Å²) in [5, 5.41) is 0. The van der Waals surface area contributed by atoms with Crippen molar-refractivity contribution in [2.75, 3.05) is 0 Å². The van der Waals surface area contributed by atoms with Crippen molar-refractivity contribution in [1.29, 1.82) is 0 Å². The van der Waals surface area contributed by atoms with E-state index in [4.69, 9.17) is 4.74 Å². The molecule has 0 spiro atoms. The molecule has 4 heteroatoms. The number of Topliss-reactive ketones (excluding diaryl/α,β-unsaturated/α-hetero) is 2. The van der Waals surface area contributed by atoms with Crippen LogP contribution in [-0.2, 0) is 19.1 Å². The molecule has 0 radical (unpaired) electrons. The fraction of sp³-hybridized carbons (Fsp3) is 0.842. The van der Waals surface area contributed by atoms with Gasteiger partial charge in [-0.05, 0) is 43.4 Å². The van der Waals surface area contributed by atoms with Gasteiger partial charge in [-0.15, -0.1) is 0 Å². The molecule has 5 unspecified atom stereocenters. The van der Waals surface area contributed by atoms with E-state index in [1.807, 2.05) is 0 Å². The minimum atomic E-state index is -0.632. The lowest BCUT2D eigenvalue weighted by atomic mass is 9.41. The van der Waals surface area contributed by atoms with Crippen molar-refractivity contribution in [2.45, 2.75) is 72.8 Å². The lowest BCUT2D eigenvalue weighted by Gasteiger charge is -2.63. The van der Waals surface area contributed by atoms with Crippen LogP contribution in [0.15, 0.2) is 0 Å². The van der Waals surface area contributed by atoms with E-state index in [0.29, 0.717) is 18.6 Å². The lowest BCUT2D eigenvalue weighted by Crippen LogP contribution is -2.63. The van der Waals surface area contributed by atoms with Crippen LogP contribution in [0.3, 0.4) is 0 Å². The minimum absolute atomic E-state index is 0.0567. The summed E-state index contributed by atoms with van der Waals surface area (Å²) in [6, 6.07) is 0. The molecule has 0 aromatic heterocycles. The molecule has 5 atom stereocenters. The molecule has 23 heavy (non-hydrogen) atoms. The zero-order valence-electron chi connectivity index (χ0n) is 14.9. The largest absolute Gasteiger partial charge is 0.454 e. The Morgan fingerprint density at radius 3 is 2.30 bits per heavy atom. The maximum Gasteiger partial charge on any atom is 0.306 e. The van der Waals surface area contributed by atoms with E-state index in [1.54, 1.807) is 0 Å². The van der Waals surface area contributed by atoms with E-state index in [-0.39, 0.29) is 39.8 Å². The molecule has 2 aliphatic carbocycles. The first-order valence-electron chi connectivity index (χ1n) is 8.76. The van der Waals surface area contributed by atoms with Gasteiger partial charge in [0, 0.05) is 23.7 Å². The van der Waals surface area contributed by atoms with E-state index in [0.717, 1.165) is 19.3 Å². The number of fused-ring (bicyclic) bond motifs is 3. The van der Waals surface area contributed by atoms with Gasteiger partial charge in [0.2, 0.25) is 0 Å². The second-order valence-corrected chi connectivity index (χ2v) is 8.99. The Kier molecular flexibility index (Phi) is 3.55. The van der Waals surface area contributed by atoms with Gasteiger partial charge in [-0.3, -0.25) is 14.4 Å². The van der Waals surface area contributed by atoms with Crippen LogP contribution in [0.1, 0.15) is 66.7 Å². The Morgan fingerprint density at radius 2 is 1.70 bits per heavy atom. The van der Waals surface area contributed by atoms with Gasteiger partial charge in [-0.25, -0.2) is 0 Å². The summed E-state index contributed by atoms with van der Waals surface area (Å²) >= 11 is 0. The van der Waals surface area contributed by atoms with Crippen LogP contribution in [0.4, 0.5) is 0 Å². The van der Waals surface area contributed by atoms with Crippen molar-refractivity contribution in [2.24, 2.45) is 28.1 Å². The minimum Gasteiger partial charge on any atom is -0.454 e. The summed E-state index contributed by atoms with van der Waals surface area (Å²) in [7, 11) is 0. The highest BCUT2D eigenvalue weighted by atomic mass is 16.5. The van der Waals surface area contributed by atoms with E-state index in [1.165, 1.54) is 6.92 Å². The third kappa shape index (κ3) is 2.13. The van der Waals surface area contributed by atoms with Crippen LogP contribution < -0.4 is 0 Å². The van der Waals surface area contributed by atoms with E-state index >= 15 is 0 Å². The standard InChI is InChI=1S/C19H28O4/c1-11(20)16-19(5)8-6-12-17(2,3)14(21)7-9-18(12,4)13(19)10-15(22)23-16/h12-13,16H,6-10H2,1-5H3. The molecule has 0 aromatic rings. The number of ether oxygens (including phenoxy) is 1. The monoisotopic (exact) mass is 320 g/mol. The van der Waals surface area contributed by atoms with Gasteiger partial charge in [-0.1, -0.05) is 27.7 Å². The fourth-order valence-electron chi connectivity index (χ4n) is 6.20. The van der Waals surface area contributed by atoms with Crippen molar-refractivity contribution >= 4 is 17.5 Å². The second kappa shape index (κ2) is 4.90. The summed E-state index contributed by atoms with van der Waals surface area (Å²) in [4.78, 5) is 36.7. The summed E-state index contributed by atoms with van der Waals surface area (Å²) < 4.78 is 5.46. The van der Waals surface area contributed by atoms with Gasteiger partial charge in [0.1, 0.15) is 5.78 Å². The van der Waals surface area contributed by atoms with Crippen LogP contribution in [0.2, 0.25) is 0 Å². The van der Waals surface area contributed by atoms with Crippen molar-refractivity contribution in [3.05, 3.63) is 0 Å². The molecule has 0 bridgehead atoms. The molecule has 3 aliphatic rings. The Balaban J connectivity index is 2.06. The van der Waals surface area contributed by atoms with E-state index < -0.39 is 6.10 Å². The highest BCUT2D eigenvalue weighted by Crippen LogP contribution is 2.66. The normalized spacial score (nSPS) is 45.7. The number of hydrogen-bond acceptors (Lipinski definition) is 4. The van der Waals surface area contributed by atoms with Crippen molar-refractivity contribution in [3.8, 4) is 0 Å².